The average Bonchev–Trinajstić information content (AvgIpc) is 3.21. The van der Waals surface area contributed by atoms with E-state index in [4.69, 9.17) is 4.99 Å². The molecule has 0 saturated carbocycles. The first kappa shape index (κ1) is 19.4. The molecule has 27 heavy (non-hydrogen) atoms. The SMILES string of the molecule is CCNC(=NCc1ccc(CN2CCCC2)cc1)NCCc1ccccn1. The summed E-state index contributed by atoms with van der Waals surface area (Å²) in [6.45, 7) is 7.99. The van der Waals surface area contributed by atoms with Gasteiger partial charge in [0.05, 0.1) is 6.54 Å². The van der Waals surface area contributed by atoms with E-state index in [1.807, 2.05) is 18.3 Å². The van der Waals surface area contributed by atoms with E-state index in [0.29, 0.717) is 6.54 Å². The fourth-order valence-corrected chi connectivity index (χ4v) is 3.32. The number of aromatic nitrogens is 1. The number of rotatable bonds is 8. The Bertz CT molecular complexity index is 690. The molecule has 5 heteroatoms. The lowest BCUT2D eigenvalue weighted by Gasteiger charge is -2.14. The minimum absolute atomic E-state index is 0.683. The van der Waals surface area contributed by atoms with E-state index in [2.05, 4.69) is 57.8 Å². The topological polar surface area (TPSA) is 52.6 Å². The molecule has 0 radical (unpaired) electrons. The second-order valence-corrected chi connectivity index (χ2v) is 6.99. The first-order chi connectivity index (χ1) is 13.3. The van der Waals surface area contributed by atoms with Crippen molar-refractivity contribution in [2.24, 2.45) is 4.99 Å². The van der Waals surface area contributed by atoms with Gasteiger partial charge in [-0.25, -0.2) is 4.99 Å². The number of likely N-dealkylation sites (tertiary alicyclic amines) is 1. The van der Waals surface area contributed by atoms with E-state index in [1.165, 1.54) is 37.1 Å². The molecule has 1 saturated heterocycles. The summed E-state index contributed by atoms with van der Waals surface area (Å²) in [5.74, 6) is 0.856. The summed E-state index contributed by atoms with van der Waals surface area (Å²) < 4.78 is 0. The molecule has 2 heterocycles. The van der Waals surface area contributed by atoms with Gasteiger partial charge in [0.25, 0.3) is 0 Å². The second-order valence-electron chi connectivity index (χ2n) is 6.99. The Morgan fingerprint density at radius 3 is 2.52 bits per heavy atom. The first-order valence-corrected chi connectivity index (χ1v) is 10.1. The molecular weight excluding hydrogens is 334 g/mol. The molecule has 0 unspecified atom stereocenters. The van der Waals surface area contributed by atoms with E-state index >= 15 is 0 Å². The summed E-state index contributed by atoms with van der Waals surface area (Å²) in [5.41, 5.74) is 3.72. The van der Waals surface area contributed by atoms with Crippen LogP contribution in [0.1, 0.15) is 36.6 Å². The van der Waals surface area contributed by atoms with Crippen molar-refractivity contribution in [2.75, 3.05) is 26.2 Å². The Morgan fingerprint density at radius 2 is 1.81 bits per heavy atom. The number of nitrogens with one attached hydrogen (secondary N) is 2. The molecule has 1 aliphatic rings. The Morgan fingerprint density at radius 1 is 1.04 bits per heavy atom. The number of hydrogen-bond donors (Lipinski definition) is 2. The summed E-state index contributed by atoms with van der Waals surface area (Å²) in [6, 6.07) is 14.9. The maximum Gasteiger partial charge on any atom is 0.191 e. The van der Waals surface area contributed by atoms with E-state index in [9.17, 15) is 0 Å². The summed E-state index contributed by atoms with van der Waals surface area (Å²) in [7, 11) is 0. The van der Waals surface area contributed by atoms with Crippen LogP contribution in [-0.2, 0) is 19.5 Å². The average molecular weight is 366 g/mol. The molecule has 3 rings (SSSR count). The second kappa shape index (κ2) is 10.7. The third-order valence-electron chi connectivity index (χ3n) is 4.79. The monoisotopic (exact) mass is 365 g/mol. The third kappa shape index (κ3) is 6.68. The van der Waals surface area contributed by atoms with Crippen molar-refractivity contribution in [3.8, 4) is 0 Å². The van der Waals surface area contributed by atoms with Gasteiger partial charge in [-0.3, -0.25) is 9.88 Å². The van der Waals surface area contributed by atoms with Gasteiger partial charge in [0.15, 0.2) is 5.96 Å². The Labute approximate surface area is 162 Å². The number of aliphatic imine (C=N–C) groups is 1. The van der Waals surface area contributed by atoms with Crippen molar-refractivity contribution in [3.05, 3.63) is 65.5 Å². The van der Waals surface area contributed by atoms with Gasteiger partial charge in [-0.15, -0.1) is 0 Å². The lowest BCUT2D eigenvalue weighted by molar-refractivity contribution is 0.331. The zero-order chi connectivity index (χ0) is 18.7. The van der Waals surface area contributed by atoms with Crippen LogP contribution in [0.15, 0.2) is 53.7 Å². The lowest BCUT2D eigenvalue weighted by atomic mass is 10.1. The number of pyridine rings is 1. The molecule has 1 aromatic carbocycles. The highest BCUT2D eigenvalue weighted by atomic mass is 15.2. The van der Waals surface area contributed by atoms with Crippen LogP contribution in [-0.4, -0.2) is 42.0 Å². The molecule has 0 atom stereocenters. The molecule has 144 valence electrons. The zero-order valence-electron chi connectivity index (χ0n) is 16.3. The van der Waals surface area contributed by atoms with Gasteiger partial charge in [0, 0.05) is 37.9 Å². The molecule has 5 nitrogen and oxygen atoms in total. The molecule has 1 aromatic heterocycles. The lowest BCUT2D eigenvalue weighted by Crippen LogP contribution is -2.38. The van der Waals surface area contributed by atoms with Crippen LogP contribution in [0.2, 0.25) is 0 Å². The van der Waals surface area contributed by atoms with Gasteiger partial charge in [0.1, 0.15) is 0 Å². The number of guanidine groups is 1. The van der Waals surface area contributed by atoms with Gasteiger partial charge in [-0.2, -0.15) is 0 Å². The minimum atomic E-state index is 0.683. The van der Waals surface area contributed by atoms with Crippen LogP contribution in [0.5, 0.6) is 0 Å². The predicted octanol–water partition coefficient (Wildman–Crippen LogP) is 2.98. The summed E-state index contributed by atoms with van der Waals surface area (Å²) in [6.07, 6.45) is 5.40. The Hall–Kier alpha value is -2.40. The normalized spacial score (nSPS) is 15.1. The molecule has 2 N–H and O–H groups in total. The van der Waals surface area contributed by atoms with Gasteiger partial charge >= 0.3 is 0 Å². The van der Waals surface area contributed by atoms with Crippen molar-refractivity contribution < 1.29 is 0 Å². The van der Waals surface area contributed by atoms with Crippen LogP contribution < -0.4 is 10.6 Å². The maximum absolute atomic E-state index is 4.71. The molecule has 0 spiro atoms. The quantitative estimate of drug-likeness (QED) is 0.558. The molecule has 0 amide bonds. The maximum atomic E-state index is 4.71. The molecular formula is C22H31N5. The first-order valence-electron chi connectivity index (χ1n) is 10.1. The number of hydrogen-bond acceptors (Lipinski definition) is 3. The predicted molar refractivity (Wildman–Crippen MR) is 112 cm³/mol. The van der Waals surface area contributed by atoms with Gasteiger partial charge in [0.2, 0.25) is 0 Å². The molecule has 0 bridgehead atoms. The zero-order valence-corrected chi connectivity index (χ0v) is 16.3. The summed E-state index contributed by atoms with van der Waals surface area (Å²) in [4.78, 5) is 11.6. The van der Waals surface area contributed by atoms with E-state index < -0.39 is 0 Å². The fourth-order valence-electron chi connectivity index (χ4n) is 3.32. The minimum Gasteiger partial charge on any atom is -0.357 e. The van der Waals surface area contributed by atoms with Gasteiger partial charge in [-0.1, -0.05) is 30.3 Å². The van der Waals surface area contributed by atoms with Crippen LogP contribution >= 0.6 is 0 Å². The summed E-state index contributed by atoms with van der Waals surface area (Å²) >= 11 is 0. The molecule has 0 aliphatic carbocycles. The summed E-state index contributed by atoms with van der Waals surface area (Å²) in [5, 5.41) is 6.70. The molecule has 2 aromatic rings. The van der Waals surface area contributed by atoms with Gasteiger partial charge < -0.3 is 10.6 Å². The van der Waals surface area contributed by atoms with Crippen LogP contribution in [0.25, 0.3) is 0 Å². The highest BCUT2D eigenvalue weighted by molar-refractivity contribution is 5.79. The van der Waals surface area contributed by atoms with Crippen molar-refractivity contribution in [3.63, 3.8) is 0 Å². The highest BCUT2D eigenvalue weighted by Crippen LogP contribution is 2.13. The van der Waals surface area contributed by atoms with Crippen molar-refractivity contribution in [2.45, 2.75) is 39.3 Å². The Balaban J connectivity index is 1.48. The van der Waals surface area contributed by atoms with E-state index in [0.717, 1.165) is 37.7 Å². The van der Waals surface area contributed by atoms with Crippen molar-refractivity contribution >= 4 is 5.96 Å². The van der Waals surface area contributed by atoms with Gasteiger partial charge in [-0.05, 0) is 56.1 Å². The largest absolute Gasteiger partial charge is 0.357 e. The number of benzene rings is 1. The third-order valence-corrected chi connectivity index (χ3v) is 4.79. The molecule has 1 fully saturated rings. The van der Waals surface area contributed by atoms with Crippen molar-refractivity contribution in [1.82, 2.24) is 20.5 Å². The fraction of sp³-hybridized carbons (Fsp3) is 0.455. The van der Waals surface area contributed by atoms with E-state index in [1.54, 1.807) is 0 Å². The smallest absolute Gasteiger partial charge is 0.191 e. The standard InChI is InChI=1S/C22H31N5/c1-2-23-22(25-14-12-21-7-3-4-13-24-21)26-17-19-8-10-20(11-9-19)18-27-15-5-6-16-27/h3-4,7-11,13H,2,5-6,12,14-18H2,1H3,(H2,23,25,26). The van der Waals surface area contributed by atoms with Crippen molar-refractivity contribution in [1.29, 1.82) is 0 Å². The Kier molecular flexibility index (Phi) is 7.66. The van der Waals surface area contributed by atoms with Crippen LogP contribution in [0.4, 0.5) is 0 Å². The molecule has 1 aliphatic heterocycles. The van der Waals surface area contributed by atoms with Crippen LogP contribution in [0, 0.1) is 0 Å². The number of nitrogens with zero attached hydrogens (tertiary/aromatic N) is 3. The van der Waals surface area contributed by atoms with Crippen LogP contribution in [0.3, 0.4) is 0 Å². The highest BCUT2D eigenvalue weighted by Gasteiger charge is 2.11. The van der Waals surface area contributed by atoms with E-state index in [-0.39, 0.29) is 0 Å².